The fraction of sp³-hybridized carbons (Fsp3) is 0. The Labute approximate surface area is 50.4 Å². The van der Waals surface area contributed by atoms with Crippen LogP contribution in [0, 0.1) is 18.7 Å². The zero-order chi connectivity index (χ0) is 5.82. The molecule has 0 fully saturated rings. The van der Waals surface area contributed by atoms with Gasteiger partial charge in [-0.25, -0.2) is 0 Å². The van der Waals surface area contributed by atoms with E-state index in [4.69, 9.17) is 6.42 Å². The van der Waals surface area contributed by atoms with Gasteiger partial charge in [-0.3, -0.25) is 0 Å². The van der Waals surface area contributed by atoms with Crippen molar-refractivity contribution in [3.05, 3.63) is 30.5 Å². The maximum Gasteiger partial charge on any atom is 0.280 e. The normalized spacial score (nSPS) is 16.1. The summed E-state index contributed by atoms with van der Waals surface area (Å²) < 4.78 is 0. The Morgan fingerprint density at radius 1 is 1.25 bits per heavy atom. The van der Waals surface area contributed by atoms with Crippen LogP contribution in [0.25, 0.3) is 0 Å². The Morgan fingerprint density at radius 3 is 2.25 bits per heavy atom. The third kappa shape index (κ3) is 1.04. The predicted octanol–water partition coefficient (Wildman–Crippen LogP) is 1.06. The molecule has 1 heterocycles. The van der Waals surface area contributed by atoms with Gasteiger partial charge in [-0.05, 0) is 0 Å². The highest BCUT2D eigenvalue weighted by Gasteiger charge is 2.00. The number of rotatable bonds is 0. The fourth-order valence-electron chi connectivity index (χ4n) is 0.607. The maximum atomic E-state index is 5.14. The molecule has 0 saturated heterocycles. The number of hydrogen-bond acceptors (Lipinski definition) is 0. The lowest BCUT2D eigenvalue weighted by atomic mass is 9.50. The molecule has 0 saturated carbocycles. The highest BCUT2D eigenvalue weighted by molar-refractivity contribution is 6.77. The van der Waals surface area contributed by atoms with Crippen LogP contribution < -0.4 is 0 Å². The van der Waals surface area contributed by atoms with Crippen molar-refractivity contribution >= 4 is 6.71 Å². The van der Waals surface area contributed by atoms with Gasteiger partial charge in [0.05, 0.1) is 0 Å². The highest BCUT2D eigenvalue weighted by atomic mass is 13.7. The summed E-state index contributed by atoms with van der Waals surface area (Å²) in [7, 11) is 0. The summed E-state index contributed by atoms with van der Waals surface area (Å²) in [5, 5.41) is 0. The van der Waals surface area contributed by atoms with Crippen LogP contribution in [-0.4, -0.2) is 6.71 Å². The van der Waals surface area contributed by atoms with Crippen molar-refractivity contribution in [2.45, 2.75) is 0 Å². The van der Waals surface area contributed by atoms with Gasteiger partial charge in [-0.2, -0.15) is 0 Å². The Morgan fingerprint density at radius 2 is 1.88 bits per heavy atom. The lowest BCUT2D eigenvalue weighted by Crippen LogP contribution is -2.03. The quantitative estimate of drug-likeness (QED) is 0.316. The second-order valence-corrected chi connectivity index (χ2v) is 1.65. The van der Waals surface area contributed by atoms with Crippen LogP contribution >= 0.6 is 0 Å². The van der Waals surface area contributed by atoms with Gasteiger partial charge >= 0.3 is 0 Å². The lowest BCUT2D eigenvalue weighted by molar-refractivity contribution is 1.75. The molecule has 1 radical (unpaired) electrons. The van der Waals surface area contributed by atoms with Crippen LogP contribution in [-0.2, 0) is 0 Å². The number of hydrogen-bond donors (Lipinski definition) is 0. The predicted molar refractivity (Wildman–Crippen MR) is 37.2 cm³/mol. The Hall–Kier alpha value is -0.895. The van der Waals surface area contributed by atoms with E-state index in [1.54, 1.807) is 0 Å². The van der Waals surface area contributed by atoms with Gasteiger partial charge in [0.1, 0.15) is 0 Å². The lowest BCUT2D eigenvalue weighted by Gasteiger charge is -1.95. The molecule has 0 aromatic rings. The molecule has 0 bridgehead atoms. The molecule has 0 unspecified atom stereocenters. The standard InChI is InChI=1S/C7H6B/c1-2-8-6-4-3-5-7-8/h1,3-7H. The largest absolute Gasteiger partial charge is 0.280 e. The molecular formula is C7H6B. The molecule has 0 aromatic heterocycles. The first-order valence-corrected chi connectivity index (χ1v) is 2.58. The third-order valence-corrected chi connectivity index (χ3v) is 1.05. The molecule has 1 aliphatic heterocycles. The van der Waals surface area contributed by atoms with E-state index in [1.807, 2.05) is 30.5 Å². The molecule has 8 heavy (non-hydrogen) atoms. The van der Waals surface area contributed by atoms with Crippen molar-refractivity contribution in [1.82, 2.24) is 0 Å². The molecule has 0 aliphatic carbocycles. The summed E-state index contributed by atoms with van der Waals surface area (Å²) >= 11 is 0. The average Bonchev–Trinajstić information content (AvgIpc) is 1.90. The summed E-state index contributed by atoms with van der Waals surface area (Å²) in [5.74, 6) is 6.58. The molecule has 1 aliphatic rings. The van der Waals surface area contributed by atoms with E-state index >= 15 is 0 Å². The molecule has 1 heteroatoms. The number of terminal acetylenes is 1. The van der Waals surface area contributed by atoms with Crippen molar-refractivity contribution < 1.29 is 0 Å². The van der Waals surface area contributed by atoms with Crippen LogP contribution in [0.2, 0.25) is 0 Å². The summed E-state index contributed by atoms with van der Waals surface area (Å²) in [6.07, 6.45) is 11.0. The van der Waals surface area contributed by atoms with Gasteiger partial charge in [0.25, 0.3) is 6.71 Å². The van der Waals surface area contributed by atoms with Gasteiger partial charge in [-0.1, -0.05) is 12.2 Å². The second kappa shape index (κ2) is 2.42. The molecule has 0 aromatic carbocycles. The second-order valence-electron chi connectivity index (χ2n) is 1.65. The summed E-state index contributed by atoms with van der Waals surface area (Å²) in [6, 6.07) is 0. The monoisotopic (exact) mass is 101 g/mol. The Kier molecular flexibility index (Phi) is 1.59. The van der Waals surface area contributed by atoms with Gasteiger partial charge in [0.15, 0.2) is 0 Å². The van der Waals surface area contributed by atoms with Crippen molar-refractivity contribution in [3.8, 4) is 12.2 Å². The minimum absolute atomic E-state index is 0.222. The summed E-state index contributed by atoms with van der Waals surface area (Å²) in [5.41, 5.74) is 0. The minimum atomic E-state index is 0.222. The first-order valence-electron chi connectivity index (χ1n) is 2.58. The smallest absolute Gasteiger partial charge is 0.147 e. The third-order valence-electron chi connectivity index (χ3n) is 1.05. The zero-order valence-corrected chi connectivity index (χ0v) is 4.54. The number of allylic oxidation sites excluding steroid dienone is 2. The Bertz CT molecular complexity index is 148. The highest BCUT2D eigenvalue weighted by Crippen LogP contribution is 1.96. The van der Waals surface area contributed by atoms with Crippen molar-refractivity contribution in [1.29, 1.82) is 0 Å². The maximum absolute atomic E-state index is 5.14. The average molecular weight is 101 g/mol. The molecule has 0 spiro atoms. The molecule has 37 valence electrons. The van der Waals surface area contributed by atoms with Crippen LogP contribution in [0.15, 0.2) is 24.1 Å². The van der Waals surface area contributed by atoms with Gasteiger partial charge in [0.2, 0.25) is 0 Å². The first-order chi connectivity index (χ1) is 3.93. The van der Waals surface area contributed by atoms with E-state index in [1.165, 1.54) is 0 Å². The fourth-order valence-corrected chi connectivity index (χ4v) is 0.607. The molecule has 1 rings (SSSR count). The van der Waals surface area contributed by atoms with Crippen LogP contribution in [0.3, 0.4) is 0 Å². The minimum Gasteiger partial charge on any atom is -0.147 e. The molecule has 0 N–H and O–H groups in total. The van der Waals surface area contributed by atoms with Crippen LogP contribution in [0.4, 0.5) is 0 Å². The van der Waals surface area contributed by atoms with E-state index in [0.29, 0.717) is 0 Å². The van der Waals surface area contributed by atoms with Gasteiger partial charge in [0, 0.05) is 6.42 Å². The summed E-state index contributed by atoms with van der Waals surface area (Å²) in [6.45, 7) is 0.222. The molecular weight excluding hydrogens is 94.9 g/mol. The van der Waals surface area contributed by atoms with E-state index in [-0.39, 0.29) is 6.71 Å². The van der Waals surface area contributed by atoms with E-state index in [0.717, 1.165) is 0 Å². The van der Waals surface area contributed by atoms with Gasteiger partial charge in [-0.15, -0.1) is 24.2 Å². The SMILES string of the molecule is C#CB1C=C[CH]C=C1. The first kappa shape index (κ1) is 5.25. The van der Waals surface area contributed by atoms with Crippen molar-refractivity contribution in [2.24, 2.45) is 0 Å². The molecule has 0 nitrogen and oxygen atoms in total. The van der Waals surface area contributed by atoms with E-state index in [2.05, 4.69) is 5.82 Å². The van der Waals surface area contributed by atoms with Crippen molar-refractivity contribution in [2.75, 3.05) is 0 Å². The van der Waals surface area contributed by atoms with E-state index < -0.39 is 0 Å². The zero-order valence-electron chi connectivity index (χ0n) is 4.54. The van der Waals surface area contributed by atoms with Crippen molar-refractivity contribution in [3.63, 3.8) is 0 Å². The Balaban J connectivity index is 2.58. The van der Waals surface area contributed by atoms with Crippen LogP contribution in [0.1, 0.15) is 0 Å². The van der Waals surface area contributed by atoms with E-state index in [9.17, 15) is 0 Å². The van der Waals surface area contributed by atoms with Crippen LogP contribution in [0.5, 0.6) is 0 Å². The van der Waals surface area contributed by atoms with Gasteiger partial charge < -0.3 is 0 Å². The topological polar surface area (TPSA) is 0 Å². The molecule has 0 amide bonds. The molecule has 0 atom stereocenters. The summed E-state index contributed by atoms with van der Waals surface area (Å²) in [4.78, 5) is 0.